The van der Waals surface area contributed by atoms with Gasteiger partial charge in [0.05, 0.1) is 12.8 Å². The monoisotopic (exact) mass is 454 g/mol. The smallest absolute Gasteiger partial charge is 0.267 e. The molecule has 1 amide bonds. The summed E-state index contributed by atoms with van der Waals surface area (Å²) in [4.78, 5) is 24.9. The molecular weight excluding hydrogens is 426 g/mol. The third-order valence-corrected chi connectivity index (χ3v) is 6.56. The van der Waals surface area contributed by atoms with Crippen LogP contribution in [0.15, 0.2) is 33.0 Å². The minimum Gasteiger partial charge on any atom is -0.337 e. The number of aromatic nitrogens is 1. The highest BCUT2D eigenvalue weighted by Crippen LogP contribution is 2.29. The predicted octanol–water partition coefficient (Wildman–Crippen LogP) is 4.23. The van der Waals surface area contributed by atoms with Crippen molar-refractivity contribution in [3.63, 3.8) is 0 Å². The molecule has 0 bridgehead atoms. The minimum absolute atomic E-state index is 0.0380. The standard InChI is InChI=1S/C20H21N3O5S2/c1-10-8-11(2)17(15(9-10)14(5)24)21-19(25)18-16(6-7-29-18)30(26,27)23-20-12(3)13(4)22-28-20/h6-9,23H,1-5H3,(H,21,25)/i4D3,5D3,8D. The molecule has 2 N–H and O–H groups in total. The zero-order chi connectivity index (χ0) is 28.1. The number of carbonyl (C=O) groups is 2. The van der Waals surface area contributed by atoms with Crippen LogP contribution in [0, 0.1) is 27.6 Å². The number of aryl methyl sites for hydroxylation is 2. The van der Waals surface area contributed by atoms with Gasteiger partial charge in [0.25, 0.3) is 15.9 Å². The second-order valence-electron chi connectivity index (χ2n) is 6.35. The molecule has 0 saturated heterocycles. The lowest BCUT2D eigenvalue weighted by molar-refractivity contribution is 0.101. The molecule has 1 aromatic carbocycles. The van der Waals surface area contributed by atoms with Gasteiger partial charge in [0.2, 0.25) is 5.88 Å². The molecule has 2 aromatic heterocycles. The molecule has 8 nitrogen and oxygen atoms in total. The van der Waals surface area contributed by atoms with Crippen LogP contribution in [0.2, 0.25) is 0 Å². The predicted molar refractivity (Wildman–Crippen MR) is 115 cm³/mol. The van der Waals surface area contributed by atoms with Crippen molar-refractivity contribution in [1.29, 1.82) is 0 Å². The summed E-state index contributed by atoms with van der Waals surface area (Å²) in [5.74, 6) is -2.66. The molecule has 0 aliphatic carbocycles. The Labute approximate surface area is 188 Å². The third kappa shape index (κ3) is 4.14. The number of carbonyl (C=O) groups excluding carboxylic acids is 2. The fourth-order valence-corrected chi connectivity index (χ4v) is 5.05. The van der Waals surface area contributed by atoms with Crippen molar-refractivity contribution < 1.29 is 32.1 Å². The molecule has 10 heteroatoms. The average Bonchev–Trinajstić information content (AvgIpc) is 3.40. The molecule has 30 heavy (non-hydrogen) atoms. The molecule has 158 valence electrons. The van der Waals surface area contributed by atoms with Gasteiger partial charge >= 0.3 is 0 Å². The van der Waals surface area contributed by atoms with E-state index in [2.05, 4.69) is 15.2 Å². The van der Waals surface area contributed by atoms with Gasteiger partial charge in [-0.1, -0.05) is 11.2 Å². The van der Waals surface area contributed by atoms with Gasteiger partial charge in [-0.05, 0) is 63.1 Å². The van der Waals surface area contributed by atoms with E-state index in [1.807, 2.05) is 0 Å². The van der Waals surface area contributed by atoms with Crippen LogP contribution in [0.3, 0.4) is 0 Å². The van der Waals surface area contributed by atoms with Crippen LogP contribution in [0.5, 0.6) is 0 Å². The highest BCUT2D eigenvalue weighted by atomic mass is 32.2. The second kappa shape index (κ2) is 8.04. The number of hydrogen-bond donors (Lipinski definition) is 2. The maximum absolute atomic E-state index is 13.2. The molecule has 0 aliphatic heterocycles. The van der Waals surface area contributed by atoms with Gasteiger partial charge in [-0.3, -0.25) is 9.59 Å². The van der Waals surface area contributed by atoms with Gasteiger partial charge in [-0.2, -0.15) is 0 Å². The van der Waals surface area contributed by atoms with Crippen molar-refractivity contribution >= 4 is 44.6 Å². The fraction of sp³-hybridized carbons (Fsp3) is 0.250. The largest absolute Gasteiger partial charge is 0.337 e. The summed E-state index contributed by atoms with van der Waals surface area (Å²) in [6.07, 6.45) is 0. The van der Waals surface area contributed by atoms with E-state index in [0.717, 1.165) is 17.4 Å². The fourth-order valence-electron chi connectivity index (χ4n) is 2.68. The van der Waals surface area contributed by atoms with Crippen molar-refractivity contribution in [2.45, 2.75) is 39.4 Å². The van der Waals surface area contributed by atoms with Gasteiger partial charge in [0.15, 0.2) is 5.78 Å². The van der Waals surface area contributed by atoms with E-state index in [0.29, 0.717) is 5.56 Å². The number of rotatable bonds is 6. The van der Waals surface area contributed by atoms with Crippen LogP contribution in [-0.4, -0.2) is 25.3 Å². The Bertz CT molecular complexity index is 1510. The van der Waals surface area contributed by atoms with E-state index in [9.17, 15) is 18.0 Å². The lowest BCUT2D eigenvalue weighted by Crippen LogP contribution is -2.20. The molecule has 0 radical (unpaired) electrons. The minimum atomic E-state index is -4.48. The Morgan fingerprint density at radius 1 is 1.30 bits per heavy atom. The molecule has 0 unspecified atom stereocenters. The van der Waals surface area contributed by atoms with Crippen LogP contribution < -0.4 is 10.0 Å². The summed E-state index contributed by atoms with van der Waals surface area (Å²) >= 11 is 0.751. The molecule has 3 rings (SSSR count). The normalized spacial score (nSPS) is 15.6. The average molecular weight is 455 g/mol. The first-order valence-corrected chi connectivity index (χ1v) is 10.8. The van der Waals surface area contributed by atoms with Gasteiger partial charge in [0, 0.05) is 19.4 Å². The number of nitrogens with zero attached hydrogens (tertiary/aromatic N) is 1. The van der Waals surface area contributed by atoms with E-state index < -0.39 is 51.9 Å². The van der Waals surface area contributed by atoms with Gasteiger partial charge in [-0.25, -0.2) is 13.1 Å². The quantitative estimate of drug-likeness (QED) is 0.538. The molecule has 0 saturated carbocycles. The lowest BCUT2D eigenvalue weighted by atomic mass is 10.0. The molecular formula is C20H21N3O5S2. The van der Waals surface area contributed by atoms with Gasteiger partial charge in [-0.15, -0.1) is 11.3 Å². The molecule has 0 spiro atoms. The number of hydrogen-bond acceptors (Lipinski definition) is 7. The Balaban J connectivity index is 2.00. The first-order chi connectivity index (χ1) is 16.9. The van der Waals surface area contributed by atoms with Crippen molar-refractivity contribution in [3.05, 3.63) is 56.4 Å². The highest BCUT2D eigenvalue weighted by Gasteiger charge is 2.27. The highest BCUT2D eigenvalue weighted by molar-refractivity contribution is 7.93. The summed E-state index contributed by atoms with van der Waals surface area (Å²) in [5, 5.41) is 7.11. The van der Waals surface area contributed by atoms with E-state index >= 15 is 0 Å². The van der Waals surface area contributed by atoms with E-state index in [-0.39, 0.29) is 33.3 Å². The Morgan fingerprint density at radius 3 is 2.73 bits per heavy atom. The maximum atomic E-state index is 13.2. The van der Waals surface area contributed by atoms with Crippen molar-refractivity contribution in [2.75, 3.05) is 10.0 Å². The number of anilines is 2. The van der Waals surface area contributed by atoms with Crippen LogP contribution in [0.4, 0.5) is 11.6 Å². The summed E-state index contributed by atoms with van der Waals surface area (Å²) in [5.41, 5.74) is -0.621. The van der Waals surface area contributed by atoms with Crippen molar-refractivity contribution in [3.8, 4) is 0 Å². The topological polar surface area (TPSA) is 118 Å². The summed E-state index contributed by atoms with van der Waals surface area (Å²) in [6, 6.07) is 2.27. The van der Waals surface area contributed by atoms with Crippen molar-refractivity contribution in [2.24, 2.45) is 0 Å². The van der Waals surface area contributed by atoms with E-state index in [1.54, 1.807) is 0 Å². The molecule has 2 heterocycles. The number of ketones is 1. The van der Waals surface area contributed by atoms with Crippen molar-refractivity contribution in [1.82, 2.24) is 5.16 Å². The Kier molecular flexibility index (Phi) is 3.78. The second-order valence-corrected chi connectivity index (χ2v) is 8.92. The molecule has 3 aromatic rings. The summed E-state index contributed by atoms with van der Waals surface area (Å²) < 4.78 is 85.9. The van der Waals surface area contributed by atoms with Crippen LogP contribution in [-0.2, 0) is 10.0 Å². The van der Waals surface area contributed by atoms with E-state index in [4.69, 9.17) is 14.1 Å². The zero-order valence-corrected chi connectivity index (χ0v) is 17.7. The zero-order valence-electron chi connectivity index (χ0n) is 23.0. The molecule has 0 atom stereocenters. The number of benzene rings is 1. The number of nitrogens with one attached hydrogen (secondary N) is 2. The summed E-state index contributed by atoms with van der Waals surface area (Å²) in [6.45, 7) is -1.43. The number of amides is 1. The number of Topliss-reactive ketones (excluding diaryl/α,β-unsaturated/α-hetero) is 1. The maximum Gasteiger partial charge on any atom is 0.267 e. The Morgan fingerprint density at radius 2 is 2.07 bits per heavy atom. The SMILES string of the molecule is [2H]c1c(C)cc(C(=O)C([2H])([2H])[2H])c(NC(=O)c2sccc2S(=O)(=O)Nc2onc(C([2H])([2H])[2H])c2C)c1C. The first kappa shape index (κ1) is 14.1. The number of sulfonamides is 1. The van der Waals surface area contributed by atoms with Gasteiger partial charge in [0.1, 0.15) is 9.77 Å². The first-order valence-electron chi connectivity index (χ1n) is 11.9. The molecule has 0 fully saturated rings. The number of thiophene rings is 1. The Hall–Kier alpha value is -2.98. The van der Waals surface area contributed by atoms with Gasteiger partial charge < -0.3 is 9.84 Å². The van der Waals surface area contributed by atoms with Crippen LogP contribution in [0.1, 0.15) is 58.9 Å². The lowest BCUT2D eigenvalue weighted by Gasteiger charge is -2.14. The third-order valence-electron chi connectivity index (χ3n) is 4.15. The summed E-state index contributed by atoms with van der Waals surface area (Å²) in [7, 11) is -4.48. The van der Waals surface area contributed by atoms with Crippen LogP contribution >= 0.6 is 11.3 Å². The molecule has 0 aliphatic rings. The van der Waals surface area contributed by atoms with Crippen LogP contribution in [0.25, 0.3) is 0 Å². The van der Waals surface area contributed by atoms with E-state index in [1.165, 1.54) is 32.2 Å².